The lowest BCUT2D eigenvalue weighted by Crippen LogP contribution is -2.49. The van der Waals surface area contributed by atoms with Crippen LogP contribution in [-0.2, 0) is 9.47 Å². The average molecular weight is 271 g/mol. The molecule has 0 aromatic heterocycles. The number of halogens is 3. The largest absolute Gasteiger partial charge is 0.385 e. The van der Waals surface area contributed by atoms with Gasteiger partial charge in [0, 0.05) is 19.8 Å². The molecule has 2 heterocycles. The second-order valence-electron chi connectivity index (χ2n) is 4.88. The van der Waals surface area contributed by atoms with Crippen LogP contribution < -0.4 is 0 Å². The number of hydrogen-bond acceptors (Lipinski definition) is 3. The molecule has 2 saturated heterocycles. The molecule has 17 heavy (non-hydrogen) atoms. The summed E-state index contributed by atoms with van der Waals surface area (Å²) in [7, 11) is 0. The van der Waals surface area contributed by atoms with Gasteiger partial charge in [0.2, 0.25) is 0 Å². The fourth-order valence-electron chi connectivity index (χ4n) is 2.69. The summed E-state index contributed by atoms with van der Waals surface area (Å²) < 4.78 is 36.8. The highest BCUT2D eigenvalue weighted by Crippen LogP contribution is 2.41. The molecule has 0 amide bonds. The Morgan fingerprint density at radius 3 is 2.53 bits per heavy atom. The lowest BCUT2D eigenvalue weighted by Gasteiger charge is -2.44. The summed E-state index contributed by atoms with van der Waals surface area (Å²) in [6.07, 6.45) is 0.452. The van der Waals surface area contributed by atoms with Gasteiger partial charge in [-0.2, -0.15) is 8.78 Å². The van der Waals surface area contributed by atoms with Crippen molar-refractivity contribution in [3.8, 4) is 0 Å². The van der Waals surface area contributed by atoms with Crippen LogP contribution in [0.2, 0.25) is 0 Å². The number of rotatable bonds is 2. The molecule has 0 aromatic rings. The van der Waals surface area contributed by atoms with Crippen LogP contribution in [0.5, 0.6) is 0 Å². The summed E-state index contributed by atoms with van der Waals surface area (Å²) in [5, 5.41) is 5.99. The lowest BCUT2D eigenvalue weighted by atomic mass is 9.78. The maximum atomic E-state index is 12.9. The van der Waals surface area contributed by atoms with Gasteiger partial charge in [0.05, 0.1) is 5.60 Å². The molecule has 0 aromatic carbocycles. The van der Waals surface area contributed by atoms with E-state index in [1.165, 1.54) is 0 Å². The molecular weight excluding hydrogens is 254 g/mol. The normalized spacial score (nSPS) is 31.4. The summed E-state index contributed by atoms with van der Waals surface area (Å²) >= 11 is 4.90. The SMILES string of the molecule is OC(C1CCOC2(CCOCC2)C1)C(F)(F)Cl. The smallest absolute Gasteiger partial charge is 0.347 e. The summed E-state index contributed by atoms with van der Waals surface area (Å²) in [6, 6.07) is 0. The van der Waals surface area contributed by atoms with Crippen molar-refractivity contribution < 1.29 is 23.4 Å². The molecule has 2 atom stereocenters. The number of aliphatic hydroxyl groups excluding tert-OH is 1. The summed E-state index contributed by atoms with van der Waals surface area (Å²) in [5.41, 5.74) is -0.399. The van der Waals surface area contributed by atoms with Gasteiger partial charge in [0.25, 0.3) is 0 Å². The standard InChI is InChI=1S/C11H17ClF2O3/c12-11(13,14)9(15)8-1-4-17-10(7-8)2-5-16-6-3-10/h8-9,15H,1-7H2. The zero-order valence-electron chi connectivity index (χ0n) is 9.50. The summed E-state index contributed by atoms with van der Waals surface area (Å²) in [6.45, 7) is 1.56. The molecule has 2 aliphatic heterocycles. The Labute approximate surface area is 104 Å². The van der Waals surface area contributed by atoms with E-state index >= 15 is 0 Å². The Bertz CT molecular complexity index is 258. The molecule has 2 unspecified atom stereocenters. The van der Waals surface area contributed by atoms with Crippen molar-refractivity contribution in [3.05, 3.63) is 0 Å². The quantitative estimate of drug-likeness (QED) is 0.782. The molecule has 1 N–H and O–H groups in total. The van der Waals surface area contributed by atoms with E-state index in [9.17, 15) is 13.9 Å². The van der Waals surface area contributed by atoms with Crippen molar-refractivity contribution in [2.75, 3.05) is 19.8 Å². The first-order valence-electron chi connectivity index (χ1n) is 5.89. The van der Waals surface area contributed by atoms with Crippen molar-refractivity contribution >= 4 is 11.6 Å². The molecule has 1 spiro atoms. The average Bonchev–Trinajstić information content (AvgIpc) is 2.28. The van der Waals surface area contributed by atoms with Crippen molar-refractivity contribution in [1.82, 2.24) is 0 Å². The Balaban J connectivity index is 2.01. The molecule has 0 radical (unpaired) electrons. The minimum atomic E-state index is -3.56. The maximum absolute atomic E-state index is 12.9. The van der Waals surface area contributed by atoms with Crippen LogP contribution in [0.25, 0.3) is 0 Å². The Morgan fingerprint density at radius 2 is 1.94 bits per heavy atom. The highest BCUT2D eigenvalue weighted by molar-refractivity contribution is 6.22. The Hall–Kier alpha value is 0.0300. The third-order valence-corrected chi connectivity index (χ3v) is 3.94. The first-order chi connectivity index (χ1) is 7.93. The van der Waals surface area contributed by atoms with Gasteiger partial charge < -0.3 is 14.6 Å². The predicted molar refractivity (Wildman–Crippen MR) is 58.3 cm³/mol. The third-order valence-electron chi connectivity index (χ3n) is 3.72. The highest BCUT2D eigenvalue weighted by Gasteiger charge is 2.47. The van der Waals surface area contributed by atoms with Crippen molar-refractivity contribution in [3.63, 3.8) is 0 Å². The third kappa shape index (κ3) is 3.08. The summed E-state index contributed by atoms with van der Waals surface area (Å²) in [4.78, 5) is 0. The van der Waals surface area contributed by atoms with E-state index in [0.29, 0.717) is 45.5 Å². The molecular formula is C11H17ClF2O3. The zero-order valence-corrected chi connectivity index (χ0v) is 10.3. The molecule has 2 aliphatic rings. The van der Waals surface area contributed by atoms with Crippen LogP contribution in [0.3, 0.4) is 0 Å². The van der Waals surface area contributed by atoms with E-state index in [-0.39, 0.29) is 0 Å². The van der Waals surface area contributed by atoms with E-state index in [1.54, 1.807) is 0 Å². The van der Waals surface area contributed by atoms with E-state index in [4.69, 9.17) is 21.1 Å². The molecule has 2 fully saturated rings. The Kier molecular flexibility index (Phi) is 3.92. The van der Waals surface area contributed by atoms with E-state index in [2.05, 4.69) is 0 Å². The van der Waals surface area contributed by atoms with Crippen molar-refractivity contribution in [2.24, 2.45) is 5.92 Å². The fourth-order valence-corrected chi connectivity index (χ4v) is 2.87. The van der Waals surface area contributed by atoms with E-state index in [0.717, 1.165) is 0 Å². The molecule has 0 bridgehead atoms. The maximum Gasteiger partial charge on any atom is 0.347 e. The number of aliphatic hydroxyl groups is 1. The monoisotopic (exact) mass is 270 g/mol. The summed E-state index contributed by atoms with van der Waals surface area (Å²) in [5.74, 6) is -0.505. The van der Waals surface area contributed by atoms with Crippen LogP contribution in [0.1, 0.15) is 25.7 Å². The second-order valence-corrected chi connectivity index (χ2v) is 5.39. The van der Waals surface area contributed by atoms with E-state index < -0.39 is 23.0 Å². The molecule has 100 valence electrons. The van der Waals surface area contributed by atoms with Gasteiger partial charge in [-0.15, -0.1) is 0 Å². The van der Waals surface area contributed by atoms with Crippen LogP contribution in [0.4, 0.5) is 8.78 Å². The zero-order chi connectivity index (χ0) is 12.5. The van der Waals surface area contributed by atoms with Gasteiger partial charge >= 0.3 is 5.38 Å². The molecule has 0 aliphatic carbocycles. The lowest BCUT2D eigenvalue weighted by molar-refractivity contribution is -0.174. The van der Waals surface area contributed by atoms with Crippen LogP contribution >= 0.6 is 11.6 Å². The molecule has 3 nitrogen and oxygen atoms in total. The van der Waals surface area contributed by atoms with Crippen LogP contribution in [-0.4, -0.2) is 42.0 Å². The van der Waals surface area contributed by atoms with Crippen molar-refractivity contribution in [2.45, 2.75) is 42.8 Å². The predicted octanol–water partition coefficient (Wildman–Crippen LogP) is 2.15. The number of alkyl halides is 3. The van der Waals surface area contributed by atoms with Gasteiger partial charge in [-0.3, -0.25) is 0 Å². The van der Waals surface area contributed by atoms with Crippen molar-refractivity contribution in [1.29, 1.82) is 0 Å². The van der Waals surface area contributed by atoms with Gasteiger partial charge in [0.1, 0.15) is 6.10 Å². The minimum absolute atomic E-state index is 0.398. The topological polar surface area (TPSA) is 38.7 Å². The van der Waals surface area contributed by atoms with E-state index in [1.807, 2.05) is 0 Å². The minimum Gasteiger partial charge on any atom is -0.385 e. The first kappa shape index (κ1) is 13.5. The number of ether oxygens (including phenoxy) is 2. The second kappa shape index (κ2) is 4.96. The molecule has 6 heteroatoms. The number of hydrogen-bond donors (Lipinski definition) is 1. The van der Waals surface area contributed by atoms with Crippen LogP contribution in [0.15, 0.2) is 0 Å². The molecule has 0 saturated carbocycles. The first-order valence-corrected chi connectivity index (χ1v) is 6.27. The van der Waals surface area contributed by atoms with Gasteiger partial charge in [-0.25, -0.2) is 0 Å². The molecule has 2 rings (SSSR count). The highest BCUT2D eigenvalue weighted by atomic mass is 35.5. The Morgan fingerprint density at radius 1 is 1.29 bits per heavy atom. The van der Waals surface area contributed by atoms with Crippen LogP contribution in [0, 0.1) is 5.92 Å². The van der Waals surface area contributed by atoms with Gasteiger partial charge in [-0.05, 0) is 43.2 Å². The van der Waals surface area contributed by atoms with Gasteiger partial charge in [-0.1, -0.05) is 0 Å². The fraction of sp³-hybridized carbons (Fsp3) is 1.00. The van der Waals surface area contributed by atoms with Gasteiger partial charge in [0.15, 0.2) is 0 Å².